The van der Waals surface area contributed by atoms with Gasteiger partial charge in [-0.25, -0.2) is 9.97 Å². The first-order valence-corrected chi connectivity index (χ1v) is 9.97. The van der Waals surface area contributed by atoms with Gasteiger partial charge in [-0.15, -0.1) is 0 Å². The second kappa shape index (κ2) is 8.92. The molecule has 1 amide bonds. The van der Waals surface area contributed by atoms with Crippen molar-refractivity contribution in [2.75, 3.05) is 0 Å². The van der Waals surface area contributed by atoms with Gasteiger partial charge in [0, 0.05) is 35.8 Å². The molecule has 6 heteroatoms. The molecule has 3 atom stereocenters. The summed E-state index contributed by atoms with van der Waals surface area (Å²) in [5.41, 5.74) is 2.33. The van der Waals surface area contributed by atoms with Crippen LogP contribution < -0.4 is 5.32 Å². The Kier molecular flexibility index (Phi) is 5.91. The topological polar surface area (TPSA) is 77.0 Å². The second-order valence-corrected chi connectivity index (χ2v) is 7.22. The number of benzene rings is 1. The molecule has 0 bridgehead atoms. The number of rotatable bonds is 5. The maximum absolute atomic E-state index is 12.6. The van der Waals surface area contributed by atoms with Gasteiger partial charge in [0.1, 0.15) is 5.69 Å². The summed E-state index contributed by atoms with van der Waals surface area (Å²) < 4.78 is 6.24. The van der Waals surface area contributed by atoms with Crippen LogP contribution in [-0.2, 0) is 4.74 Å². The van der Waals surface area contributed by atoms with Gasteiger partial charge in [-0.05, 0) is 43.5 Å². The van der Waals surface area contributed by atoms with E-state index in [1.54, 1.807) is 18.6 Å². The molecule has 4 rings (SSSR count). The van der Waals surface area contributed by atoms with Crippen LogP contribution in [0, 0.1) is 0 Å². The van der Waals surface area contributed by atoms with Crippen molar-refractivity contribution in [2.24, 2.45) is 0 Å². The molecule has 1 aromatic carbocycles. The third-order valence-corrected chi connectivity index (χ3v) is 5.17. The zero-order valence-electron chi connectivity index (χ0n) is 16.4. The van der Waals surface area contributed by atoms with E-state index in [2.05, 4.69) is 27.2 Å². The Morgan fingerprint density at radius 3 is 2.48 bits per heavy atom. The van der Waals surface area contributed by atoms with Gasteiger partial charge in [-0.1, -0.05) is 31.2 Å². The van der Waals surface area contributed by atoms with Gasteiger partial charge in [0.25, 0.3) is 5.91 Å². The number of nitrogens with one attached hydrogen (secondary N) is 1. The number of hydrogen-bond acceptors (Lipinski definition) is 5. The summed E-state index contributed by atoms with van der Waals surface area (Å²) in [4.78, 5) is 25.8. The van der Waals surface area contributed by atoms with E-state index >= 15 is 0 Å². The van der Waals surface area contributed by atoms with Crippen LogP contribution in [0.3, 0.4) is 0 Å². The lowest BCUT2D eigenvalue weighted by Gasteiger charge is -2.35. The standard InChI is InChI=1S/C23H24N4O2/c1-2-19-12-18(27-23(28)16-8-4-3-5-9-16)13-21(29-19)17-14-25-22(26-15-17)20-10-6-7-11-24-20/h3-11,14-15,18-19,21H,2,12-13H2,1H3,(H,27,28)/t18-,19+,21+/m1/s1. The minimum atomic E-state index is -0.146. The van der Waals surface area contributed by atoms with Crippen molar-refractivity contribution in [1.82, 2.24) is 20.3 Å². The second-order valence-electron chi connectivity index (χ2n) is 7.22. The molecule has 0 spiro atoms. The first-order valence-electron chi connectivity index (χ1n) is 9.97. The Labute approximate surface area is 170 Å². The molecule has 0 aliphatic carbocycles. The zero-order valence-corrected chi connectivity index (χ0v) is 16.4. The number of pyridine rings is 1. The van der Waals surface area contributed by atoms with Gasteiger partial charge in [-0.3, -0.25) is 9.78 Å². The number of carbonyl (C=O) groups excluding carboxylic acids is 1. The fourth-order valence-electron chi connectivity index (χ4n) is 3.60. The van der Waals surface area contributed by atoms with E-state index in [9.17, 15) is 4.79 Å². The van der Waals surface area contributed by atoms with Crippen LogP contribution in [0.1, 0.15) is 48.2 Å². The summed E-state index contributed by atoms with van der Waals surface area (Å²) in [6.45, 7) is 2.10. The summed E-state index contributed by atoms with van der Waals surface area (Å²) in [5, 5.41) is 3.17. The summed E-state index contributed by atoms with van der Waals surface area (Å²) in [5.74, 6) is 0.541. The molecule has 0 unspecified atom stereocenters. The molecule has 3 heterocycles. The quantitative estimate of drug-likeness (QED) is 0.716. The lowest BCUT2D eigenvalue weighted by molar-refractivity contribution is -0.0635. The van der Waals surface area contributed by atoms with Crippen LogP contribution in [0.25, 0.3) is 11.5 Å². The maximum Gasteiger partial charge on any atom is 0.251 e. The van der Waals surface area contributed by atoms with Crippen molar-refractivity contribution < 1.29 is 9.53 Å². The van der Waals surface area contributed by atoms with Crippen LogP contribution in [-0.4, -0.2) is 33.0 Å². The van der Waals surface area contributed by atoms with E-state index in [-0.39, 0.29) is 24.2 Å². The summed E-state index contributed by atoms with van der Waals surface area (Å²) >= 11 is 0. The van der Waals surface area contributed by atoms with E-state index in [4.69, 9.17) is 4.74 Å². The van der Waals surface area contributed by atoms with Crippen molar-refractivity contribution in [3.63, 3.8) is 0 Å². The molecule has 0 saturated carbocycles. The maximum atomic E-state index is 12.6. The van der Waals surface area contributed by atoms with E-state index in [0.29, 0.717) is 17.8 Å². The van der Waals surface area contributed by atoms with Crippen LogP contribution in [0.4, 0.5) is 0 Å². The molecular weight excluding hydrogens is 364 g/mol. The van der Waals surface area contributed by atoms with E-state index in [1.807, 2.05) is 48.5 Å². The normalized spacial score (nSPS) is 21.5. The predicted molar refractivity (Wildman–Crippen MR) is 110 cm³/mol. The Morgan fingerprint density at radius 2 is 1.79 bits per heavy atom. The highest BCUT2D eigenvalue weighted by Crippen LogP contribution is 2.32. The number of hydrogen-bond donors (Lipinski definition) is 1. The molecule has 29 heavy (non-hydrogen) atoms. The number of nitrogens with zero attached hydrogens (tertiary/aromatic N) is 3. The monoisotopic (exact) mass is 388 g/mol. The van der Waals surface area contributed by atoms with Gasteiger partial charge in [0.2, 0.25) is 0 Å². The lowest BCUT2D eigenvalue weighted by Crippen LogP contribution is -2.43. The van der Waals surface area contributed by atoms with E-state index < -0.39 is 0 Å². The molecule has 1 aliphatic heterocycles. The van der Waals surface area contributed by atoms with E-state index in [0.717, 1.165) is 24.1 Å². The molecule has 1 N–H and O–H groups in total. The summed E-state index contributed by atoms with van der Waals surface area (Å²) in [6.07, 6.45) is 7.66. The first-order chi connectivity index (χ1) is 14.2. The third-order valence-electron chi connectivity index (χ3n) is 5.17. The van der Waals surface area contributed by atoms with Crippen molar-refractivity contribution in [1.29, 1.82) is 0 Å². The Morgan fingerprint density at radius 1 is 1.03 bits per heavy atom. The number of ether oxygens (including phenoxy) is 1. The molecule has 0 radical (unpaired) electrons. The summed E-state index contributed by atoms with van der Waals surface area (Å²) in [7, 11) is 0. The molecule has 6 nitrogen and oxygen atoms in total. The average Bonchev–Trinajstić information content (AvgIpc) is 2.80. The van der Waals surface area contributed by atoms with Crippen molar-refractivity contribution in [3.05, 3.63) is 78.2 Å². The smallest absolute Gasteiger partial charge is 0.251 e. The minimum absolute atomic E-state index is 0.0434. The molecule has 1 saturated heterocycles. The SMILES string of the molecule is CC[C@H]1C[C@@H](NC(=O)c2ccccc2)C[C@@H](c2cnc(-c3ccccn3)nc2)O1. The average molecular weight is 388 g/mol. The third kappa shape index (κ3) is 4.66. The molecule has 3 aromatic rings. The zero-order chi connectivity index (χ0) is 20.1. The van der Waals surface area contributed by atoms with Crippen molar-refractivity contribution in [2.45, 2.75) is 44.4 Å². The van der Waals surface area contributed by atoms with Crippen molar-refractivity contribution in [3.8, 4) is 11.5 Å². The molecule has 1 fully saturated rings. The molecule has 148 valence electrons. The first kappa shape index (κ1) is 19.2. The van der Waals surface area contributed by atoms with Gasteiger partial charge in [-0.2, -0.15) is 0 Å². The van der Waals surface area contributed by atoms with Gasteiger partial charge in [0.05, 0.1) is 12.2 Å². The summed E-state index contributed by atoms with van der Waals surface area (Å²) in [6, 6.07) is 15.0. The molecular formula is C23H24N4O2. The van der Waals surface area contributed by atoms with Gasteiger partial charge < -0.3 is 10.1 Å². The van der Waals surface area contributed by atoms with Crippen LogP contribution in [0.15, 0.2) is 67.1 Å². The molecule has 2 aromatic heterocycles. The number of aromatic nitrogens is 3. The Hall–Kier alpha value is -3.12. The highest BCUT2D eigenvalue weighted by molar-refractivity contribution is 5.94. The Bertz CT molecular complexity index is 932. The largest absolute Gasteiger partial charge is 0.370 e. The number of carbonyl (C=O) groups is 1. The van der Waals surface area contributed by atoms with Crippen molar-refractivity contribution >= 4 is 5.91 Å². The molecule has 1 aliphatic rings. The Balaban J connectivity index is 1.47. The van der Waals surface area contributed by atoms with Crippen LogP contribution in [0.5, 0.6) is 0 Å². The van der Waals surface area contributed by atoms with Gasteiger partial charge in [0.15, 0.2) is 5.82 Å². The fourth-order valence-corrected chi connectivity index (χ4v) is 3.60. The van der Waals surface area contributed by atoms with Crippen LogP contribution >= 0.6 is 0 Å². The number of amides is 1. The minimum Gasteiger partial charge on any atom is -0.370 e. The van der Waals surface area contributed by atoms with Crippen LogP contribution in [0.2, 0.25) is 0 Å². The highest BCUT2D eigenvalue weighted by atomic mass is 16.5. The fraction of sp³-hybridized carbons (Fsp3) is 0.304. The van der Waals surface area contributed by atoms with Gasteiger partial charge >= 0.3 is 0 Å². The predicted octanol–water partition coefficient (Wildman–Crippen LogP) is 3.97. The lowest BCUT2D eigenvalue weighted by atomic mass is 9.94. The van der Waals surface area contributed by atoms with E-state index in [1.165, 1.54) is 0 Å². The highest BCUT2D eigenvalue weighted by Gasteiger charge is 2.31.